The number of hydrogen-bond acceptors (Lipinski definition) is 4. The molecule has 0 unspecified atom stereocenters. The highest BCUT2D eigenvalue weighted by Gasteiger charge is 2.50. The molecule has 1 saturated heterocycles. The molecule has 1 N–H and O–H groups in total. The number of carbonyl (C=O) groups excluding carboxylic acids is 2. The molecule has 2 aromatic rings. The van der Waals surface area contributed by atoms with E-state index in [-0.39, 0.29) is 43.0 Å². The molecule has 1 fully saturated rings. The van der Waals surface area contributed by atoms with E-state index in [0.717, 1.165) is 16.7 Å². The molecule has 6 heteroatoms. The van der Waals surface area contributed by atoms with Crippen LogP contribution >= 0.6 is 0 Å². The van der Waals surface area contributed by atoms with Crippen molar-refractivity contribution in [3.63, 3.8) is 0 Å². The highest BCUT2D eigenvalue weighted by Crippen LogP contribution is 2.41. The summed E-state index contributed by atoms with van der Waals surface area (Å²) in [6.07, 6.45) is 0. The van der Waals surface area contributed by atoms with Crippen molar-refractivity contribution in [2.24, 2.45) is 0 Å². The lowest BCUT2D eigenvalue weighted by molar-refractivity contribution is -0.152. The van der Waals surface area contributed by atoms with Crippen LogP contribution in [0.4, 0.5) is 0 Å². The molecule has 0 aliphatic carbocycles. The summed E-state index contributed by atoms with van der Waals surface area (Å²) in [6, 6.07) is 17.9. The Balaban J connectivity index is 1.84. The number of benzene rings is 2. The van der Waals surface area contributed by atoms with E-state index in [9.17, 15) is 14.7 Å². The summed E-state index contributed by atoms with van der Waals surface area (Å²) in [5.74, 6) is -0.271. The van der Waals surface area contributed by atoms with E-state index < -0.39 is 0 Å². The first-order valence-corrected chi connectivity index (χ1v) is 9.76. The van der Waals surface area contributed by atoms with Gasteiger partial charge in [-0.1, -0.05) is 54.6 Å². The first kappa shape index (κ1) is 21.0. The fraction of sp³-hybridized carbons (Fsp3) is 0.391. The van der Waals surface area contributed by atoms with Gasteiger partial charge in [-0.2, -0.15) is 0 Å². The minimum absolute atomic E-state index is 0.00313. The van der Waals surface area contributed by atoms with E-state index in [2.05, 4.69) is 36.4 Å². The smallest absolute Gasteiger partial charge is 0.248 e. The van der Waals surface area contributed by atoms with Gasteiger partial charge in [-0.15, -0.1) is 0 Å². The summed E-state index contributed by atoms with van der Waals surface area (Å²) in [6.45, 7) is 1.78. The molecule has 2 amide bonds. The van der Waals surface area contributed by atoms with Crippen molar-refractivity contribution in [3.05, 3.63) is 60.2 Å². The topological polar surface area (TPSA) is 70.1 Å². The molecule has 1 aliphatic rings. The lowest BCUT2D eigenvalue weighted by Crippen LogP contribution is -2.68. The van der Waals surface area contributed by atoms with Gasteiger partial charge in [0.1, 0.15) is 6.61 Å². The van der Waals surface area contributed by atoms with E-state index in [1.165, 1.54) is 14.0 Å². The van der Waals surface area contributed by atoms with Crippen molar-refractivity contribution < 1.29 is 19.4 Å². The molecule has 0 saturated carbocycles. The summed E-state index contributed by atoms with van der Waals surface area (Å²) >= 11 is 0. The number of carbonyl (C=O) groups is 2. The van der Waals surface area contributed by atoms with Crippen LogP contribution in [0.2, 0.25) is 0 Å². The quantitative estimate of drug-likeness (QED) is 0.779. The van der Waals surface area contributed by atoms with Crippen molar-refractivity contribution in [2.45, 2.75) is 24.9 Å². The molecular weight excluding hydrogens is 368 g/mol. The number of likely N-dealkylation sites (tertiary alicyclic amines) is 1. The summed E-state index contributed by atoms with van der Waals surface area (Å²) in [4.78, 5) is 27.6. The van der Waals surface area contributed by atoms with Crippen LogP contribution < -0.4 is 0 Å². The van der Waals surface area contributed by atoms with Crippen molar-refractivity contribution in [3.8, 4) is 11.1 Å². The second kappa shape index (κ2) is 9.20. The Bertz CT molecular complexity index is 838. The van der Waals surface area contributed by atoms with Gasteiger partial charge in [0.15, 0.2) is 0 Å². The largest absolute Gasteiger partial charge is 0.394 e. The van der Waals surface area contributed by atoms with E-state index in [1.807, 2.05) is 18.2 Å². The Hall–Kier alpha value is -2.70. The van der Waals surface area contributed by atoms with Crippen LogP contribution in [0.5, 0.6) is 0 Å². The second-order valence-corrected chi connectivity index (χ2v) is 7.46. The van der Waals surface area contributed by atoms with Crippen LogP contribution in [0.25, 0.3) is 11.1 Å². The van der Waals surface area contributed by atoms with Crippen LogP contribution in [-0.2, 0) is 14.3 Å². The normalized spacial score (nSPS) is 20.8. The molecule has 0 bridgehead atoms. The number of methoxy groups -OCH3 is 1. The SMILES string of the molecule is COCC(=O)N(C)C[C@@H]1[C@H](c2ccc(-c3ccccc3)cc2)[C@@H](CO)N1C(C)=O. The zero-order valence-corrected chi connectivity index (χ0v) is 17.1. The fourth-order valence-electron chi connectivity index (χ4n) is 4.21. The van der Waals surface area contributed by atoms with Gasteiger partial charge in [0.2, 0.25) is 11.8 Å². The number of aliphatic hydroxyl groups is 1. The zero-order chi connectivity index (χ0) is 21.0. The van der Waals surface area contributed by atoms with E-state index in [1.54, 1.807) is 16.8 Å². The standard InChI is InChI=1S/C23H28N2O4/c1-16(27)25-20(13-24(2)22(28)15-29-3)23(21(25)14-26)19-11-9-18(10-12-19)17-7-5-4-6-8-17/h4-12,20-21,23,26H,13-15H2,1-3H3/t20-,21-,23+/m1/s1. The van der Waals surface area contributed by atoms with Gasteiger partial charge in [-0.25, -0.2) is 0 Å². The number of rotatable bonds is 7. The number of aliphatic hydroxyl groups excluding tert-OH is 1. The van der Waals surface area contributed by atoms with Crippen molar-refractivity contribution >= 4 is 11.8 Å². The molecule has 154 valence electrons. The third-order valence-corrected chi connectivity index (χ3v) is 5.65. The van der Waals surface area contributed by atoms with Crippen LogP contribution in [0, 0.1) is 0 Å². The average Bonchev–Trinajstić information content (AvgIpc) is 2.71. The van der Waals surface area contributed by atoms with Gasteiger partial charge >= 0.3 is 0 Å². The van der Waals surface area contributed by atoms with Crippen LogP contribution in [0.15, 0.2) is 54.6 Å². The van der Waals surface area contributed by atoms with Crippen molar-refractivity contribution in [1.29, 1.82) is 0 Å². The average molecular weight is 396 g/mol. The summed E-state index contributed by atoms with van der Waals surface area (Å²) < 4.78 is 4.93. The van der Waals surface area contributed by atoms with E-state index in [4.69, 9.17) is 4.74 Å². The maximum Gasteiger partial charge on any atom is 0.248 e. The third kappa shape index (κ3) is 4.33. The monoisotopic (exact) mass is 396 g/mol. The predicted molar refractivity (Wildman–Crippen MR) is 111 cm³/mol. The summed E-state index contributed by atoms with van der Waals surface area (Å²) in [7, 11) is 3.19. The second-order valence-electron chi connectivity index (χ2n) is 7.46. The molecule has 0 radical (unpaired) electrons. The molecule has 6 nitrogen and oxygen atoms in total. The summed E-state index contributed by atoms with van der Waals surface area (Å²) in [5.41, 5.74) is 3.30. The van der Waals surface area contributed by atoms with Crippen LogP contribution in [0.3, 0.4) is 0 Å². The molecule has 0 spiro atoms. The van der Waals surface area contributed by atoms with E-state index in [0.29, 0.717) is 6.54 Å². The first-order valence-electron chi connectivity index (χ1n) is 9.76. The third-order valence-electron chi connectivity index (χ3n) is 5.65. The van der Waals surface area contributed by atoms with Crippen LogP contribution in [0.1, 0.15) is 18.4 Å². The van der Waals surface area contributed by atoms with Gasteiger partial charge in [0.25, 0.3) is 0 Å². The number of amides is 2. The highest BCUT2D eigenvalue weighted by atomic mass is 16.5. The molecule has 1 aliphatic heterocycles. The maximum atomic E-state index is 12.2. The Morgan fingerprint density at radius 2 is 1.66 bits per heavy atom. The molecule has 3 rings (SSSR count). The minimum atomic E-state index is -0.286. The van der Waals surface area contributed by atoms with Gasteiger partial charge in [0, 0.05) is 33.5 Å². The number of hydrogen-bond donors (Lipinski definition) is 1. The number of ether oxygens (including phenoxy) is 1. The van der Waals surface area contributed by atoms with Crippen molar-refractivity contribution in [1.82, 2.24) is 9.80 Å². The summed E-state index contributed by atoms with van der Waals surface area (Å²) in [5, 5.41) is 9.92. The Labute approximate surface area is 171 Å². The molecule has 29 heavy (non-hydrogen) atoms. The molecule has 0 aromatic heterocycles. The molecule has 3 atom stereocenters. The van der Waals surface area contributed by atoms with Gasteiger partial charge in [-0.05, 0) is 16.7 Å². The minimum Gasteiger partial charge on any atom is -0.394 e. The Morgan fingerprint density at radius 3 is 2.21 bits per heavy atom. The first-order chi connectivity index (χ1) is 14.0. The number of nitrogens with zero attached hydrogens (tertiary/aromatic N) is 2. The molecule has 1 heterocycles. The fourth-order valence-corrected chi connectivity index (χ4v) is 4.21. The molecule has 2 aromatic carbocycles. The Morgan fingerprint density at radius 1 is 1.03 bits per heavy atom. The highest BCUT2D eigenvalue weighted by molar-refractivity contribution is 5.78. The van der Waals surface area contributed by atoms with Crippen LogP contribution in [-0.4, -0.2) is 72.7 Å². The van der Waals surface area contributed by atoms with Gasteiger partial charge in [-0.3, -0.25) is 9.59 Å². The number of likely N-dealkylation sites (N-methyl/N-ethyl adjacent to an activating group) is 1. The van der Waals surface area contributed by atoms with E-state index >= 15 is 0 Å². The zero-order valence-electron chi connectivity index (χ0n) is 17.1. The lowest BCUT2D eigenvalue weighted by Gasteiger charge is -2.55. The molecular formula is C23H28N2O4. The van der Waals surface area contributed by atoms with Gasteiger partial charge in [0.05, 0.1) is 18.7 Å². The maximum absolute atomic E-state index is 12.2. The van der Waals surface area contributed by atoms with Crippen molar-refractivity contribution in [2.75, 3.05) is 33.9 Å². The predicted octanol–water partition coefficient (Wildman–Crippen LogP) is 2.13. The Kier molecular flexibility index (Phi) is 6.67. The van der Waals surface area contributed by atoms with Gasteiger partial charge < -0.3 is 19.6 Å². The lowest BCUT2D eigenvalue weighted by atomic mass is 9.74.